The van der Waals surface area contributed by atoms with Crippen molar-refractivity contribution in [1.82, 2.24) is 10.0 Å². The number of nitrogens with zero attached hydrogens (tertiary/aromatic N) is 2. The van der Waals surface area contributed by atoms with Crippen molar-refractivity contribution >= 4 is 33.5 Å². The number of carbonyl (C=O) groups is 2. The lowest BCUT2D eigenvalue weighted by molar-refractivity contribution is -0.121. The first-order valence-corrected chi connectivity index (χ1v) is 12.8. The minimum absolute atomic E-state index is 0.0175. The van der Waals surface area contributed by atoms with Gasteiger partial charge in [0, 0.05) is 18.7 Å². The second-order valence-corrected chi connectivity index (χ2v) is 9.94. The molecule has 1 aliphatic carbocycles. The molecule has 3 aromatic rings. The number of hydrogen-bond donors (Lipinski definition) is 3. The van der Waals surface area contributed by atoms with Crippen LogP contribution in [-0.2, 0) is 15.0 Å². The molecule has 0 saturated heterocycles. The number of likely N-dealkylation sites (N-methyl/N-ethyl adjacent to an activating group) is 1. The van der Waals surface area contributed by atoms with Gasteiger partial charge < -0.3 is 15.0 Å². The van der Waals surface area contributed by atoms with Gasteiger partial charge in [0.05, 0.1) is 18.4 Å². The van der Waals surface area contributed by atoms with E-state index < -0.39 is 27.7 Å². The highest BCUT2D eigenvalue weighted by Crippen LogP contribution is 2.52. The van der Waals surface area contributed by atoms with Crippen molar-refractivity contribution in [2.45, 2.75) is 17.9 Å². The fourth-order valence-electron chi connectivity index (χ4n) is 4.19. The van der Waals surface area contributed by atoms with E-state index in [2.05, 4.69) is 10.0 Å². The Balaban J connectivity index is 1.56. The lowest BCUT2D eigenvalue weighted by Gasteiger charge is -2.26. The molecular weight excluding hydrogens is 494 g/mol. The van der Waals surface area contributed by atoms with E-state index in [0.29, 0.717) is 11.4 Å². The molecular formula is C26H25N5O5S. The third kappa shape index (κ3) is 5.49. The maximum atomic E-state index is 13.7. The van der Waals surface area contributed by atoms with Gasteiger partial charge in [0.25, 0.3) is 5.91 Å². The fourth-order valence-corrected chi connectivity index (χ4v) is 5.00. The zero-order valence-electron chi connectivity index (χ0n) is 20.1. The van der Waals surface area contributed by atoms with E-state index in [-0.39, 0.29) is 23.6 Å². The van der Waals surface area contributed by atoms with Crippen LogP contribution >= 0.6 is 0 Å². The van der Waals surface area contributed by atoms with Crippen LogP contribution in [0.15, 0.2) is 78.9 Å². The Hall–Kier alpha value is -4.56. The van der Waals surface area contributed by atoms with Crippen molar-refractivity contribution in [3.8, 4) is 11.8 Å². The van der Waals surface area contributed by atoms with Crippen molar-refractivity contribution in [3.05, 3.63) is 90.0 Å². The van der Waals surface area contributed by atoms with Crippen molar-refractivity contribution < 1.29 is 22.7 Å². The van der Waals surface area contributed by atoms with Crippen LogP contribution in [0.4, 0.5) is 16.2 Å². The molecule has 3 amide bonds. The average Bonchev–Trinajstić information content (AvgIpc) is 3.62. The average molecular weight is 520 g/mol. The minimum atomic E-state index is -4.40. The second kappa shape index (κ2) is 10.2. The van der Waals surface area contributed by atoms with Gasteiger partial charge in [-0.3, -0.25) is 9.52 Å². The summed E-state index contributed by atoms with van der Waals surface area (Å²) in [7, 11) is -1.28. The third-order valence-electron chi connectivity index (χ3n) is 6.16. The van der Waals surface area contributed by atoms with E-state index in [1.165, 1.54) is 24.1 Å². The van der Waals surface area contributed by atoms with Gasteiger partial charge in [-0.05, 0) is 48.4 Å². The standard InChI is InChI=1S/C26H25N5O5S/c1-31(20-12-14-21(36-2)15-13-20)24(32)26(16-22(26)18-8-4-3-5-9-18)28-25(33)30-37(34,35)29-23-11-7-6-10-19(23)17-27/h3-15,22,29H,16H2,1-2H3,(H2,28,30,33). The Morgan fingerprint density at radius 1 is 1.03 bits per heavy atom. The quantitative estimate of drug-likeness (QED) is 0.418. The number of carbonyl (C=O) groups excluding carboxylic acids is 2. The van der Waals surface area contributed by atoms with Gasteiger partial charge in [-0.25, -0.2) is 9.52 Å². The van der Waals surface area contributed by atoms with E-state index in [9.17, 15) is 23.3 Å². The Kier molecular flexibility index (Phi) is 7.04. The summed E-state index contributed by atoms with van der Waals surface area (Å²) in [6, 6.07) is 22.8. The van der Waals surface area contributed by atoms with Crippen LogP contribution in [0.25, 0.3) is 0 Å². The van der Waals surface area contributed by atoms with E-state index in [0.717, 1.165) is 5.56 Å². The molecule has 0 bridgehead atoms. The van der Waals surface area contributed by atoms with Crippen molar-refractivity contribution in [3.63, 3.8) is 0 Å². The SMILES string of the molecule is COc1ccc(N(C)C(=O)C2(NC(=O)NS(=O)(=O)Nc3ccccc3C#N)CC2c2ccccc2)cc1. The first-order valence-electron chi connectivity index (χ1n) is 11.3. The number of rotatable bonds is 8. The summed E-state index contributed by atoms with van der Waals surface area (Å²) in [5.74, 6) is -0.134. The molecule has 11 heteroatoms. The number of para-hydroxylation sites is 1. The zero-order valence-corrected chi connectivity index (χ0v) is 21.0. The molecule has 4 rings (SSSR count). The number of urea groups is 1. The largest absolute Gasteiger partial charge is 0.497 e. The minimum Gasteiger partial charge on any atom is -0.497 e. The summed E-state index contributed by atoms with van der Waals surface area (Å²) < 4.78 is 34.5. The predicted molar refractivity (Wildman–Crippen MR) is 138 cm³/mol. The number of nitrogens with one attached hydrogen (secondary N) is 3. The Morgan fingerprint density at radius 2 is 1.68 bits per heavy atom. The van der Waals surface area contributed by atoms with Gasteiger partial charge in [-0.2, -0.15) is 13.7 Å². The molecule has 0 spiro atoms. The topological polar surface area (TPSA) is 141 Å². The highest BCUT2D eigenvalue weighted by molar-refractivity contribution is 7.91. The maximum Gasteiger partial charge on any atom is 0.330 e. The molecule has 3 aromatic carbocycles. The van der Waals surface area contributed by atoms with Crippen molar-refractivity contribution in [1.29, 1.82) is 5.26 Å². The van der Waals surface area contributed by atoms with E-state index in [1.54, 1.807) is 43.4 Å². The maximum absolute atomic E-state index is 13.7. The lowest BCUT2D eigenvalue weighted by atomic mass is 10.0. The Labute approximate surface area is 215 Å². The molecule has 1 fully saturated rings. The van der Waals surface area contributed by atoms with Crippen LogP contribution in [0.3, 0.4) is 0 Å². The number of anilines is 2. The van der Waals surface area contributed by atoms with Crippen LogP contribution in [0, 0.1) is 11.3 Å². The molecule has 190 valence electrons. The molecule has 2 atom stereocenters. The summed E-state index contributed by atoms with van der Waals surface area (Å²) >= 11 is 0. The van der Waals surface area contributed by atoms with Gasteiger partial charge in [-0.15, -0.1) is 0 Å². The van der Waals surface area contributed by atoms with Gasteiger partial charge in [-0.1, -0.05) is 42.5 Å². The summed E-state index contributed by atoms with van der Waals surface area (Å²) in [4.78, 5) is 28.0. The molecule has 0 heterocycles. The third-order valence-corrected chi connectivity index (χ3v) is 7.11. The molecule has 0 radical (unpaired) electrons. The molecule has 0 aromatic heterocycles. The van der Waals surface area contributed by atoms with Gasteiger partial charge >= 0.3 is 16.2 Å². The van der Waals surface area contributed by atoms with Crippen LogP contribution in [0.5, 0.6) is 5.75 Å². The number of methoxy groups -OCH3 is 1. The van der Waals surface area contributed by atoms with Gasteiger partial charge in [0.1, 0.15) is 17.4 Å². The van der Waals surface area contributed by atoms with E-state index in [4.69, 9.17) is 4.74 Å². The number of benzene rings is 3. The van der Waals surface area contributed by atoms with Crippen LogP contribution < -0.4 is 24.4 Å². The van der Waals surface area contributed by atoms with Crippen LogP contribution in [0.2, 0.25) is 0 Å². The number of ether oxygens (including phenoxy) is 1. The fraction of sp³-hybridized carbons (Fsp3) is 0.192. The van der Waals surface area contributed by atoms with Gasteiger partial charge in [0.15, 0.2) is 0 Å². The Morgan fingerprint density at radius 3 is 2.32 bits per heavy atom. The summed E-state index contributed by atoms with van der Waals surface area (Å²) in [6.45, 7) is 0. The zero-order chi connectivity index (χ0) is 26.6. The molecule has 1 aliphatic rings. The highest BCUT2D eigenvalue weighted by Gasteiger charge is 2.63. The first kappa shape index (κ1) is 25.5. The summed E-state index contributed by atoms with van der Waals surface area (Å²) in [5, 5.41) is 11.8. The normalized spacial score (nSPS) is 18.1. The molecule has 37 heavy (non-hydrogen) atoms. The Bertz CT molecular complexity index is 1450. The molecule has 10 nitrogen and oxygen atoms in total. The summed E-state index contributed by atoms with van der Waals surface area (Å²) in [6.07, 6.45) is 0.286. The monoisotopic (exact) mass is 519 g/mol. The van der Waals surface area contributed by atoms with Crippen molar-refractivity contribution in [2.24, 2.45) is 0 Å². The summed E-state index contributed by atoms with van der Waals surface area (Å²) in [5.41, 5.74) is 0.160. The van der Waals surface area contributed by atoms with Crippen LogP contribution in [-0.4, -0.2) is 40.1 Å². The predicted octanol–water partition coefficient (Wildman–Crippen LogP) is 3.11. The molecule has 0 aliphatic heterocycles. The number of amides is 3. The molecule has 1 saturated carbocycles. The smallest absolute Gasteiger partial charge is 0.330 e. The first-order chi connectivity index (χ1) is 17.7. The lowest BCUT2D eigenvalue weighted by Crippen LogP contribution is -2.55. The number of hydrogen-bond acceptors (Lipinski definition) is 6. The van der Waals surface area contributed by atoms with E-state index >= 15 is 0 Å². The molecule has 3 N–H and O–H groups in total. The van der Waals surface area contributed by atoms with E-state index in [1.807, 2.05) is 41.1 Å². The highest BCUT2D eigenvalue weighted by atomic mass is 32.2. The van der Waals surface area contributed by atoms with Crippen molar-refractivity contribution in [2.75, 3.05) is 23.8 Å². The molecule has 2 unspecified atom stereocenters. The van der Waals surface area contributed by atoms with Gasteiger partial charge in [0.2, 0.25) is 0 Å². The second-order valence-electron chi connectivity index (χ2n) is 8.52. The van der Waals surface area contributed by atoms with Crippen LogP contribution in [0.1, 0.15) is 23.5 Å². The number of nitriles is 1.